The molecule has 0 aromatic carbocycles. The fourth-order valence-electron chi connectivity index (χ4n) is 10.8. The number of allylic oxidation sites excluding steroid dienone is 2. The van der Waals surface area contributed by atoms with Crippen LogP contribution in [0.2, 0.25) is 0 Å². The van der Waals surface area contributed by atoms with E-state index in [1.165, 1.54) is 0 Å². The fourth-order valence-corrected chi connectivity index (χ4v) is 10.8. The van der Waals surface area contributed by atoms with Crippen molar-refractivity contribution in [3.63, 3.8) is 0 Å². The number of rotatable bonds is 16. The van der Waals surface area contributed by atoms with Gasteiger partial charge in [-0.3, -0.25) is 0 Å². The van der Waals surface area contributed by atoms with Crippen LogP contribution >= 0.6 is 0 Å². The van der Waals surface area contributed by atoms with Crippen LogP contribution in [-0.2, 0) is 52.2 Å². The van der Waals surface area contributed by atoms with Crippen molar-refractivity contribution in [2.24, 2.45) is 23.7 Å². The van der Waals surface area contributed by atoms with E-state index in [0.717, 1.165) is 24.8 Å². The lowest BCUT2D eigenvalue weighted by Gasteiger charge is -2.50. The third-order valence-corrected chi connectivity index (χ3v) is 14.9. The number of methoxy groups -OCH3 is 2. The van der Waals surface area contributed by atoms with Crippen LogP contribution in [0.25, 0.3) is 0 Å². The number of ether oxygens (including phenoxy) is 10. The van der Waals surface area contributed by atoms with Gasteiger partial charge in [-0.1, -0.05) is 71.4 Å². The molecule has 15 nitrogen and oxygen atoms in total. The van der Waals surface area contributed by atoms with Crippen LogP contribution in [0.3, 0.4) is 0 Å². The summed E-state index contributed by atoms with van der Waals surface area (Å²) < 4.78 is 62.3. The zero-order valence-electron chi connectivity index (χ0n) is 40.6. The van der Waals surface area contributed by atoms with Gasteiger partial charge in [-0.2, -0.15) is 0 Å². The number of carbonyl (C=O) groups is 1. The van der Waals surface area contributed by atoms with Gasteiger partial charge >= 0.3 is 5.97 Å². The second kappa shape index (κ2) is 22.6. The first-order chi connectivity index (χ1) is 30.9. The molecule has 6 aliphatic rings. The first kappa shape index (κ1) is 52.3. The van der Waals surface area contributed by atoms with Gasteiger partial charge in [-0.05, 0) is 63.5 Å². The maximum absolute atomic E-state index is 13.1. The summed E-state index contributed by atoms with van der Waals surface area (Å²) in [4.78, 5) is 13.1. The fraction of sp³-hybridized carbons (Fsp3) is 0.820. The summed E-state index contributed by atoms with van der Waals surface area (Å²) in [6, 6.07) is 0. The van der Waals surface area contributed by atoms with E-state index >= 15 is 0 Å². The number of carbonyl (C=O) groups excluding carboxylic acids is 1. The van der Waals surface area contributed by atoms with Gasteiger partial charge in [0.1, 0.15) is 23.9 Å². The molecule has 15 heteroatoms. The highest BCUT2D eigenvalue weighted by molar-refractivity contribution is 5.92. The number of esters is 1. The topological polar surface area (TPSA) is 190 Å². The molecule has 5 heterocycles. The quantitative estimate of drug-likeness (QED) is 0.111. The number of hydrogen-bond donors (Lipinski definition) is 4. The van der Waals surface area contributed by atoms with Crippen LogP contribution in [0, 0.1) is 23.7 Å². The minimum absolute atomic E-state index is 0.0156. The molecule has 370 valence electrons. The second-order valence-electron chi connectivity index (χ2n) is 19.7. The lowest BCUT2D eigenvalue weighted by atomic mass is 9.72. The minimum atomic E-state index is -1.86. The van der Waals surface area contributed by atoms with E-state index in [4.69, 9.17) is 47.4 Å². The Morgan fingerprint density at radius 2 is 1.66 bits per heavy atom. The smallest absolute Gasteiger partial charge is 0.337 e. The van der Waals surface area contributed by atoms with Crippen molar-refractivity contribution in [2.75, 3.05) is 27.4 Å². The highest BCUT2D eigenvalue weighted by atomic mass is 16.7. The van der Waals surface area contributed by atoms with E-state index in [-0.39, 0.29) is 36.9 Å². The average molecular weight is 921 g/mol. The first-order valence-corrected chi connectivity index (χ1v) is 24.2. The molecule has 65 heavy (non-hydrogen) atoms. The van der Waals surface area contributed by atoms with E-state index in [9.17, 15) is 25.2 Å². The molecule has 1 aliphatic carbocycles. The van der Waals surface area contributed by atoms with Crippen LogP contribution in [0.15, 0.2) is 47.1 Å². The minimum Gasteiger partial charge on any atom is -0.463 e. The van der Waals surface area contributed by atoms with Gasteiger partial charge in [0.05, 0.1) is 73.7 Å². The third kappa shape index (κ3) is 11.7. The molecule has 0 aromatic heterocycles. The Balaban J connectivity index is 1.22. The lowest BCUT2D eigenvalue weighted by Crippen LogP contribution is -2.55. The van der Waals surface area contributed by atoms with E-state index in [1.807, 2.05) is 32.9 Å². The van der Waals surface area contributed by atoms with Crippen LogP contribution in [0.1, 0.15) is 114 Å². The van der Waals surface area contributed by atoms with Crippen LogP contribution in [-0.4, -0.2) is 151 Å². The van der Waals surface area contributed by atoms with Crippen LogP contribution < -0.4 is 0 Å². The Hall–Kier alpha value is -2.09. The second-order valence-corrected chi connectivity index (χ2v) is 19.7. The summed E-state index contributed by atoms with van der Waals surface area (Å²) in [5, 5.41) is 44.9. The number of aliphatic hydroxyl groups excluding tert-OH is 3. The molecule has 0 unspecified atom stereocenters. The summed E-state index contributed by atoms with van der Waals surface area (Å²) >= 11 is 0. The van der Waals surface area contributed by atoms with Gasteiger partial charge in [0.15, 0.2) is 18.4 Å². The standard InChI is InChI=1S/C50H80O15/c1-12-27(3)45-30(6)19-20-49(65-45)25-35(51)22-36(64-49)18-17-29(5)44(62-41-24-39(57-11)46(33(9)61-41)63-40-23-38(56-10)43(53)32(8)60-40)28(4)15-14-16-34-26-59-47-42(52)31(7)21-37(50(34,47)55)48(54)58-13-2/h14-17,21,27-28,30-33,35-36,38-47,51-53,55H,12-13,18-20,22-26H2,1-11H3/b15-14+,29-17+,34-16+/t27-,28-,30-,31-,32-,33-,35-,36+,38-,39-,40-,41-,42+,43-,44-,45+,46-,47+,49+,50+/m0/s1. The van der Waals surface area contributed by atoms with Gasteiger partial charge in [-0.25, -0.2) is 4.79 Å². The molecule has 5 fully saturated rings. The Bertz CT molecular complexity index is 1700. The van der Waals surface area contributed by atoms with Gasteiger partial charge in [0.2, 0.25) is 0 Å². The molecule has 5 saturated heterocycles. The van der Waals surface area contributed by atoms with Gasteiger partial charge in [-0.15, -0.1) is 0 Å². The Morgan fingerprint density at radius 1 is 0.954 bits per heavy atom. The van der Waals surface area contributed by atoms with E-state index in [0.29, 0.717) is 49.5 Å². The third-order valence-electron chi connectivity index (χ3n) is 14.9. The van der Waals surface area contributed by atoms with Crippen molar-refractivity contribution < 1.29 is 72.6 Å². The van der Waals surface area contributed by atoms with Crippen LogP contribution in [0.5, 0.6) is 0 Å². The molecule has 0 amide bonds. The SMILES string of the molecule is CCOC(=O)C1=C[C@H](C)[C@@H](O)[C@H]2OC/C(=C\C=C\[C@H](C)[C@H](O[C@H]3C[C@H](OC)[C@@H](O[C@H]4C[C@H](OC)[C@@H](O)[C@H](C)O4)[C@H](C)O3)/C(C)=C/C[C@@H]3C[C@H](O)C[C@]4(CC[C@H](C)[C@@H]([C@@H](C)CC)O4)O3)[C@@]12O. The molecule has 0 saturated carbocycles. The summed E-state index contributed by atoms with van der Waals surface area (Å²) in [5.41, 5.74) is -0.440. The van der Waals surface area contributed by atoms with E-state index in [1.54, 1.807) is 47.1 Å². The molecule has 20 atom stereocenters. The van der Waals surface area contributed by atoms with Crippen molar-refractivity contribution in [1.29, 1.82) is 0 Å². The van der Waals surface area contributed by atoms with Crippen molar-refractivity contribution in [2.45, 2.75) is 211 Å². The zero-order valence-corrected chi connectivity index (χ0v) is 40.6. The average Bonchev–Trinajstić information content (AvgIpc) is 3.61. The van der Waals surface area contributed by atoms with Gasteiger partial charge < -0.3 is 67.8 Å². The van der Waals surface area contributed by atoms with Crippen LogP contribution in [0.4, 0.5) is 0 Å². The van der Waals surface area contributed by atoms with Gasteiger partial charge in [0.25, 0.3) is 0 Å². The van der Waals surface area contributed by atoms with Crippen molar-refractivity contribution >= 4 is 5.97 Å². The molecule has 0 radical (unpaired) electrons. The molecule has 4 N–H and O–H groups in total. The molecular weight excluding hydrogens is 841 g/mol. The summed E-state index contributed by atoms with van der Waals surface area (Å²) in [6.45, 7) is 18.0. The highest BCUT2D eigenvalue weighted by Crippen LogP contribution is 2.46. The Morgan fingerprint density at radius 3 is 2.35 bits per heavy atom. The Labute approximate surface area is 386 Å². The van der Waals surface area contributed by atoms with E-state index in [2.05, 4.69) is 26.8 Å². The predicted octanol–water partition coefficient (Wildman–Crippen LogP) is 5.60. The number of hydrogen-bond acceptors (Lipinski definition) is 15. The van der Waals surface area contributed by atoms with E-state index < -0.39 is 96.9 Å². The molecule has 1 spiro atoms. The largest absolute Gasteiger partial charge is 0.463 e. The van der Waals surface area contributed by atoms with Crippen molar-refractivity contribution in [3.8, 4) is 0 Å². The molecule has 6 rings (SSSR count). The first-order valence-electron chi connectivity index (χ1n) is 24.2. The lowest BCUT2D eigenvalue weighted by molar-refractivity contribution is -0.340. The molecular formula is C50H80O15. The van der Waals surface area contributed by atoms with Crippen molar-refractivity contribution in [3.05, 3.63) is 47.1 Å². The zero-order chi connectivity index (χ0) is 47.4. The molecule has 0 bridgehead atoms. The summed E-state index contributed by atoms with van der Waals surface area (Å²) in [5.74, 6) is -1.37. The Kier molecular flexibility index (Phi) is 18.1. The molecule has 5 aliphatic heterocycles. The highest BCUT2D eigenvalue weighted by Gasteiger charge is 2.58. The predicted molar refractivity (Wildman–Crippen MR) is 240 cm³/mol. The number of aliphatic hydroxyl groups is 4. The molecule has 0 aromatic rings. The number of fused-ring (bicyclic) bond motifs is 1. The maximum atomic E-state index is 13.1. The van der Waals surface area contributed by atoms with Gasteiger partial charge in [0, 0.05) is 58.2 Å². The summed E-state index contributed by atoms with van der Waals surface area (Å²) in [6.07, 6.45) is 6.44. The summed E-state index contributed by atoms with van der Waals surface area (Å²) in [7, 11) is 3.20. The monoisotopic (exact) mass is 921 g/mol. The maximum Gasteiger partial charge on any atom is 0.337 e. The van der Waals surface area contributed by atoms with Crippen molar-refractivity contribution in [1.82, 2.24) is 0 Å². The normalized spacial score (nSPS) is 43.6.